The molecule has 1 aliphatic carbocycles. The van der Waals surface area contributed by atoms with Gasteiger partial charge in [-0.15, -0.1) is 11.6 Å². The number of hydrogen-bond donors (Lipinski definition) is 0. The van der Waals surface area contributed by atoms with Crippen LogP contribution in [0.2, 0.25) is 5.02 Å². The molecule has 1 aromatic carbocycles. The Balaban J connectivity index is 2.67. The molecule has 0 saturated heterocycles. The lowest BCUT2D eigenvalue weighted by Gasteiger charge is -2.25. The molecular formula is C12H14Cl2. The molecule has 0 fully saturated rings. The summed E-state index contributed by atoms with van der Waals surface area (Å²) in [6, 6.07) is 2.06. The van der Waals surface area contributed by atoms with E-state index in [1.165, 1.54) is 22.3 Å². The predicted octanol–water partition coefficient (Wildman–Crippen LogP) is 4.57. The Kier molecular flexibility index (Phi) is 2.77. The number of fused-ring (bicyclic) bond motifs is 1. The molecule has 0 heterocycles. The van der Waals surface area contributed by atoms with Gasteiger partial charge >= 0.3 is 0 Å². The number of alkyl halides is 1. The zero-order chi connectivity index (χ0) is 10.3. The smallest absolute Gasteiger partial charge is 0.0591 e. The number of halogens is 2. The van der Waals surface area contributed by atoms with E-state index in [-0.39, 0.29) is 5.38 Å². The summed E-state index contributed by atoms with van der Waals surface area (Å²) in [7, 11) is 0. The van der Waals surface area contributed by atoms with E-state index in [1.807, 2.05) is 0 Å². The summed E-state index contributed by atoms with van der Waals surface area (Å²) in [5, 5.41) is 1.06. The van der Waals surface area contributed by atoms with Crippen molar-refractivity contribution in [1.82, 2.24) is 0 Å². The molecule has 0 spiro atoms. The molecule has 0 N–H and O–H groups in total. The fourth-order valence-corrected chi connectivity index (χ4v) is 3.04. The van der Waals surface area contributed by atoms with Crippen LogP contribution in [0.1, 0.15) is 40.5 Å². The highest BCUT2D eigenvalue weighted by Crippen LogP contribution is 2.40. The zero-order valence-electron chi connectivity index (χ0n) is 8.53. The van der Waals surface area contributed by atoms with E-state index in [9.17, 15) is 0 Å². The predicted molar refractivity (Wildman–Crippen MR) is 62.5 cm³/mol. The lowest BCUT2D eigenvalue weighted by atomic mass is 9.86. The minimum absolute atomic E-state index is 0.163. The highest BCUT2D eigenvalue weighted by Gasteiger charge is 2.23. The lowest BCUT2D eigenvalue weighted by molar-refractivity contribution is 0.663. The standard InChI is InChI=1S/C12H14Cl2/c1-7-6-11(14)9-4-3-5-10(13)12(9)8(7)2/h6,10H,3-5H2,1-2H3. The molecule has 1 unspecified atom stereocenters. The van der Waals surface area contributed by atoms with E-state index in [0.717, 1.165) is 24.3 Å². The first-order valence-corrected chi connectivity index (χ1v) is 5.85. The van der Waals surface area contributed by atoms with Crippen molar-refractivity contribution in [2.24, 2.45) is 0 Å². The van der Waals surface area contributed by atoms with Crippen LogP contribution in [0.5, 0.6) is 0 Å². The van der Waals surface area contributed by atoms with Crippen molar-refractivity contribution in [3.63, 3.8) is 0 Å². The van der Waals surface area contributed by atoms with Crippen LogP contribution >= 0.6 is 23.2 Å². The molecule has 0 amide bonds. The van der Waals surface area contributed by atoms with Crippen LogP contribution < -0.4 is 0 Å². The summed E-state index contributed by atoms with van der Waals surface area (Å²) in [5.74, 6) is 0. The summed E-state index contributed by atoms with van der Waals surface area (Å²) >= 11 is 12.6. The van der Waals surface area contributed by atoms with Crippen LogP contribution in [-0.2, 0) is 6.42 Å². The largest absolute Gasteiger partial charge is 0.118 e. The Labute approximate surface area is 95.2 Å². The second kappa shape index (κ2) is 3.75. The van der Waals surface area contributed by atoms with E-state index < -0.39 is 0 Å². The van der Waals surface area contributed by atoms with E-state index in [0.29, 0.717) is 0 Å². The summed E-state index contributed by atoms with van der Waals surface area (Å²) in [6.07, 6.45) is 3.32. The number of hydrogen-bond acceptors (Lipinski definition) is 0. The second-order valence-corrected chi connectivity index (χ2v) is 4.99. The van der Waals surface area contributed by atoms with Crippen molar-refractivity contribution in [3.05, 3.63) is 33.3 Å². The van der Waals surface area contributed by atoms with Crippen LogP contribution in [0, 0.1) is 13.8 Å². The third-order valence-corrected chi connectivity index (χ3v) is 3.92. The molecule has 0 bridgehead atoms. The molecule has 76 valence electrons. The molecule has 0 nitrogen and oxygen atoms in total. The molecule has 2 rings (SSSR count). The van der Waals surface area contributed by atoms with Crippen molar-refractivity contribution in [2.45, 2.75) is 38.5 Å². The highest BCUT2D eigenvalue weighted by atomic mass is 35.5. The van der Waals surface area contributed by atoms with E-state index in [2.05, 4.69) is 19.9 Å². The van der Waals surface area contributed by atoms with Gasteiger partial charge in [0.25, 0.3) is 0 Å². The number of aryl methyl sites for hydroxylation is 1. The maximum Gasteiger partial charge on any atom is 0.0591 e. The number of benzene rings is 1. The Bertz CT molecular complexity index is 369. The monoisotopic (exact) mass is 228 g/mol. The molecule has 1 aliphatic rings. The van der Waals surface area contributed by atoms with Gasteiger partial charge in [0.05, 0.1) is 5.38 Å². The van der Waals surface area contributed by atoms with Gasteiger partial charge in [-0.3, -0.25) is 0 Å². The number of rotatable bonds is 0. The van der Waals surface area contributed by atoms with Gasteiger partial charge < -0.3 is 0 Å². The first-order valence-electron chi connectivity index (χ1n) is 5.04. The SMILES string of the molecule is Cc1cc(Cl)c2c(c1C)C(Cl)CCC2. The lowest BCUT2D eigenvalue weighted by Crippen LogP contribution is -2.09. The first kappa shape index (κ1) is 10.3. The maximum absolute atomic E-state index is 6.34. The van der Waals surface area contributed by atoms with Gasteiger partial charge in [0.15, 0.2) is 0 Å². The summed E-state index contributed by atoms with van der Waals surface area (Å²) < 4.78 is 0. The Morgan fingerprint density at radius 3 is 2.79 bits per heavy atom. The fraction of sp³-hybridized carbons (Fsp3) is 0.500. The molecule has 2 heteroatoms. The minimum atomic E-state index is 0.163. The zero-order valence-corrected chi connectivity index (χ0v) is 10.0. The average molecular weight is 229 g/mol. The molecule has 0 aliphatic heterocycles. The van der Waals surface area contributed by atoms with E-state index in [4.69, 9.17) is 23.2 Å². The summed E-state index contributed by atoms with van der Waals surface area (Å²) in [5.41, 5.74) is 5.15. The van der Waals surface area contributed by atoms with E-state index in [1.54, 1.807) is 0 Å². The average Bonchev–Trinajstić information content (AvgIpc) is 2.14. The molecule has 0 radical (unpaired) electrons. The van der Waals surface area contributed by atoms with Crippen LogP contribution in [0.25, 0.3) is 0 Å². The normalized spacial score (nSPS) is 20.7. The third-order valence-electron chi connectivity index (χ3n) is 3.15. The summed E-state index contributed by atoms with van der Waals surface area (Å²) in [4.78, 5) is 0. The van der Waals surface area contributed by atoms with Gasteiger partial charge in [0.1, 0.15) is 0 Å². The van der Waals surface area contributed by atoms with Crippen LogP contribution in [0.15, 0.2) is 6.07 Å². The van der Waals surface area contributed by atoms with E-state index >= 15 is 0 Å². The highest BCUT2D eigenvalue weighted by molar-refractivity contribution is 6.32. The Morgan fingerprint density at radius 2 is 2.07 bits per heavy atom. The molecule has 1 atom stereocenters. The molecular weight excluding hydrogens is 215 g/mol. The quantitative estimate of drug-likeness (QED) is 0.571. The first-order chi connectivity index (χ1) is 6.61. The van der Waals surface area contributed by atoms with Gasteiger partial charge in [-0.1, -0.05) is 11.6 Å². The molecule has 1 aromatic rings. The fourth-order valence-electron chi connectivity index (χ4n) is 2.23. The van der Waals surface area contributed by atoms with Gasteiger partial charge in [-0.05, 0) is 61.4 Å². The van der Waals surface area contributed by atoms with Crippen molar-refractivity contribution in [2.75, 3.05) is 0 Å². The topological polar surface area (TPSA) is 0 Å². The van der Waals surface area contributed by atoms with Crippen LogP contribution in [-0.4, -0.2) is 0 Å². The Morgan fingerprint density at radius 1 is 1.36 bits per heavy atom. The van der Waals surface area contributed by atoms with Gasteiger partial charge in [-0.2, -0.15) is 0 Å². The molecule has 0 saturated carbocycles. The minimum Gasteiger partial charge on any atom is -0.118 e. The Hall–Kier alpha value is -0.200. The maximum atomic E-state index is 6.34. The van der Waals surface area contributed by atoms with Crippen molar-refractivity contribution in [1.29, 1.82) is 0 Å². The van der Waals surface area contributed by atoms with Gasteiger partial charge in [0.2, 0.25) is 0 Å². The molecule has 0 aromatic heterocycles. The van der Waals surface area contributed by atoms with Crippen LogP contribution in [0.3, 0.4) is 0 Å². The van der Waals surface area contributed by atoms with Gasteiger partial charge in [-0.25, -0.2) is 0 Å². The summed E-state index contributed by atoms with van der Waals surface area (Å²) in [6.45, 7) is 4.24. The van der Waals surface area contributed by atoms with Crippen LogP contribution in [0.4, 0.5) is 0 Å². The van der Waals surface area contributed by atoms with Gasteiger partial charge in [0, 0.05) is 5.02 Å². The van der Waals surface area contributed by atoms with Crippen molar-refractivity contribution >= 4 is 23.2 Å². The third kappa shape index (κ3) is 1.55. The molecule has 14 heavy (non-hydrogen) atoms. The van der Waals surface area contributed by atoms with Crippen molar-refractivity contribution in [3.8, 4) is 0 Å². The second-order valence-electron chi connectivity index (χ2n) is 4.05. The van der Waals surface area contributed by atoms with Crippen molar-refractivity contribution < 1.29 is 0 Å².